The Labute approximate surface area is 117 Å². The number of ether oxygens (including phenoxy) is 3. The van der Waals surface area contributed by atoms with Gasteiger partial charge in [0.1, 0.15) is 11.5 Å². The molecule has 1 aromatic rings. The van der Waals surface area contributed by atoms with Crippen LogP contribution in [0.15, 0.2) is 18.2 Å². The second-order valence-electron chi connectivity index (χ2n) is 4.03. The predicted molar refractivity (Wildman–Crippen MR) is 72.9 cm³/mol. The van der Waals surface area contributed by atoms with Crippen molar-refractivity contribution in [2.75, 3.05) is 13.7 Å². The largest absolute Gasteiger partial charge is 0.497 e. The van der Waals surface area contributed by atoms with Gasteiger partial charge in [0.25, 0.3) is 0 Å². The van der Waals surface area contributed by atoms with Crippen LogP contribution in [-0.2, 0) is 9.53 Å². The summed E-state index contributed by atoms with van der Waals surface area (Å²) < 4.78 is 15.5. The van der Waals surface area contributed by atoms with E-state index in [9.17, 15) is 9.59 Å². The van der Waals surface area contributed by atoms with E-state index in [0.29, 0.717) is 17.9 Å². The highest BCUT2D eigenvalue weighted by atomic mass is 16.6. The summed E-state index contributed by atoms with van der Waals surface area (Å²) in [5, 5.41) is 0. The van der Waals surface area contributed by atoms with Gasteiger partial charge in [0.15, 0.2) is 6.10 Å². The summed E-state index contributed by atoms with van der Waals surface area (Å²) in [6.07, 6.45) is -0.287. The van der Waals surface area contributed by atoms with Crippen LogP contribution >= 0.6 is 0 Å². The Bertz CT molecular complexity index is 486. The van der Waals surface area contributed by atoms with Crippen LogP contribution in [0.4, 0.5) is 0 Å². The number of amides is 1. The van der Waals surface area contributed by atoms with Crippen molar-refractivity contribution < 1.29 is 23.8 Å². The zero-order valence-corrected chi connectivity index (χ0v) is 11.8. The van der Waals surface area contributed by atoms with Crippen LogP contribution in [0, 0.1) is 0 Å². The summed E-state index contributed by atoms with van der Waals surface area (Å²) >= 11 is 0. The second-order valence-corrected chi connectivity index (χ2v) is 4.03. The van der Waals surface area contributed by atoms with Gasteiger partial charge in [0.05, 0.1) is 13.7 Å². The minimum Gasteiger partial charge on any atom is -0.497 e. The zero-order valence-electron chi connectivity index (χ0n) is 11.8. The molecule has 0 bridgehead atoms. The molecule has 110 valence electrons. The Morgan fingerprint density at radius 3 is 2.35 bits per heavy atom. The minimum absolute atomic E-state index is 0.248. The second kappa shape index (κ2) is 7.37. The van der Waals surface area contributed by atoms with Crippen LogP contribution in [0.25, 0.3) is 0 Å². The lowest BCUT2D eigenvalue weighted by Crippen LogP contribution is -2.28. The Morgan fingerprint density at radius 2 is 1.85 bits per heavy atom. The van der Waals surface area contributed by atoms with Crippen molar-refractivity contribution in [3.8, 4) is 11.5 Å². The molecule has 6 nitrogen and oxygen atoms in total. The summed E-state index contributed by atoms with van der Waals surface area (Å²) in [6.45, 7) is 3.81. The van der Waals surface area contributed by atoms with Gasteiger partial charge in [-0.15, -0.1) is 0 Å². The van der Waals surface area contributed by atoms with Gasteiger partial charge in [-0.2, -0.15) is 0 Å². The number of carbonyl (C=O) groups is 2. The summed E-state index contributed by atoms with van der Waals surface area (Å²) in [4.78, 5) is 22.9. The van der Waals surface area contributed by atoms with Gasteiger partial charge in [-0.3, -0.25) is 4.79 Å². The molecule has 0 saturated heterocycles. The molecule has 0 aliphatic heterocycles. The van der Waals surface area contributed by atoms with E-state index in [4.69, 9.17) is 19.9 Å². The van der Waals surface area contributed by atoms with Crippen molar-refractivity contribution >= 4 is 11.9 Å². The molecule has 1 amide bonds. The molecule has 1 rings (SSSR count). The number of nitrogens with two attached hydrogens (primary N) is 1. The lowest BCUT2D eigenvalue weighted by Gasteiger charge is -2.17. The molecule has 1 atom stereocenters. The molecule has 0 aromatic heterocycles. The van der Waals surface area contributed by atoms with Gasteiger partial charge in [-0.05, 0) is 25.5 Å². The van der Waals surface area contributed by atoms with Crippen molar-refractivity contribution in [2.24, 2.45) is 5.73 Å². The van der Waals surface area contributed by atoms with Crippen LogP contribution in [0.1, 0.15) is 30.6 Å². The van der Waals surface area contributed by atoms with Gasteiger partial charge in [-0.25, -0.2) is 4.79 Å². The molecular weight excluding hydrogens is 262 g/mol. The Balaban J connectivity index is 2.97. The third-order valence-corrected chi connectivity index (χ3v) is 2.60. The number of benzene rings is 1. The lowest BCUT2D eigenvalue weighted by molar-refractivity contribution is -0.151. The average Bonchev–Trinajstić information content (AvgIpc) is 2.44. The first kappa shape index (κ1) is 15.8. The first-order chi connectivity index (χ1) is 9.51. The van der Waals surface area contributed by atoms with Crippen LogP contribution in [0.5, 0.6) is 11.5 Å². The van der Waals surface area contributed by atoms with Crippen LogP contribution in [0.3, 0.4) is 0 Å². The smallest absolute Gasteiger partial charge is 0.347 e. The zero-order chi connectivity index (χ0) is 15.1. The Hall–Kier alpha value is -2.24. The third-order valence-electron chi connectivity index (χ3n) is 2.60. The highest BCUT2D eigenvalue weighted by Gasteiger charge is 2.20. The highest BCUT2D eigenvalue weighted by Crippen LogP contribution is 2.24. The molecule has 0 aliphatic carbocycles. The first-order valence-corrected chi connectivity index (χ1v) is 6.34. The predicted octanol–water partition coefficient (Wildman–Crippen LogP) is 1.51. The average molecular weight is 281 g/mol. The summed E-state index contributed by atoms with van der Waals surface area (Å²) in [7, 11) is 1.46. The maximum atomic E-state index is 11.7. The fourth-order valence-electron chi connectivity index (χ4n) is 1.60. The van der Waals surface area contributed by atoms with Crippen molar-refractivity contribution in [1.29, 1.82) is 0 Å². The molecule has 0 radical (unpaired) electrons. The fourth-order valence-corrected chi connectivity index (χ4v) is 1.60. The van der Waals surface area contributed by atoms with Gasteiger partial charge in [0.2, 0.25) is 5.91 Å². The van der Waals surface area contributed by atoms with Gasteiger partial charge < -0.3 is 19.9 Å². The van der Waals surface area contributed by atoms with Crippen molar-refractivity contribution in [2.45, 2.75) is 26.4 Å². The maximum Gasteiger partial charge on any atom is 0.347 e. The highest BCUT2D eigenvalue weighted by molar-refractivity contribution is 5.93. The van der Waals surface area contributed by atoms with E-state index in [0.717, 1.165) is 0 Å². The molecular formula is C14H19NO5. The Morgan fingerprint density at radius 1 is 1.20 bits per heavy atom. The van der Waals surface area contributed by atoms with E-state index in [1.165, 1.54) is 19.2 Å². The van der Waals surface area contributed by atoms with Crippen LogP contribution < -0.4 is 15.2 Å². The number of carbonyl (C=O) groups excluding carboxylic acids is 2. The summed E-state index contributed by atoms with van der Waals surface area (Å²) in [6, 6.07) is 4.54. The molecule has 1 aromatic carbocycles. The van der Waals surface area contributed by atoms with E-state index in [2.05, 4.69) is 0 Å². The number of rotatable bonds is 7. The van der Waals surface area contributed by atoms with Crippen LogP contribution in [0.2, 0.25) is 0 Å². The molecule has 0 fully saturated rings. The van der Waals surface area contributed by atoms with Crippen LogP contribution in [-0.4, -0.2) is 31.7 Å². The van der Waals surface area contributed by atoms with E-state index < -0.39 is 18.0 Å². The standard InChI is InChI=1S/C14H19NO5/c1-4-12(14(17)19-5-2)20-11-7-9(13(15)16)6-10(8-11)18-3/h6-8,12H,4-5H2,1-3H3,(H2,15,16). The van der Waals surface area contributed by atoms with Gasteiger partial charge in [-0.1, -0.05) is 6.92 Å². The fraction of sp³-hybridized carbons (Fsp3) is 0.429. The molecule has 1 unspecified atom stereocenters. The topological polar surface area (TPSA) is 87.8 Å². The molecule has 20 heavy (non-hydrogen) atoms. The van der Waals surface area contributed by atoms with E-state index in [-0.39, 0.29) is 12.2 Å². The molecule has 0 saturated carbocycles. The minimum atomic E-state index is -0.734. The Kier molecular flexibility index (Phi) is 5.83. The molecule has 0 spiro atoms. The number of hydrogen-bond acceptors (Lipinski definition) is 5. The van der Waals surface area contributed by atoms with Gasteiger partial charge in [0, 0.05) is 11.6 Å². The quantitative estimate of drug-likeness (QED) is 0.765. The lowest BCUT2D eigenvalue weighted by atomic mass is 10.2. The molecule has 6 heteroatoms. The number of esters is 1. The maximum absolute atomic E-state index is 11.7. The van der Waals surface area contributed by atoms with Crippen molar-refractivity contribution in [3.63, 3.8) is 0 Å². The van der Waals surface area contributed by atoms with Gasteiger partial charge >= 0.3 is 5.97 Å². The monoisotopic (exact) mass is 281 g/mol. The SMILES string of the molecule is CCOC(=O)C(CC)Oc1cc(OC)cc(C(N)=O)c1. The van der Waals surface area contributed by atoms with E-state index in [1.807, 2.05) is 0 Å². The number of hydrogen-bond donors (Lipinski definition) is 1. The first-order valence-electron chi connectivity index (χ1n) is 6.34. The summed E-state index contributed by atoms with van der Waals surface area (Å²) in [5.41, 5.74) is 5.48. The number of primary amides is 1. The van der Waals surface area contributed by atoms with E-state index in [1.54, 1.807) is 19.9 Å². The summed E-state index contributed by atoms with van der Waals surface area (Å²) in [5.74, 6) is -0.288. The molecule has 0 aliphatic rings. The van der Waals surface area contributed by atoms with Crippen molar-refractivity contribution in [1.82, 2.24) is 0 Å². The van der Waals surface area contributed by atoms with Crippen molar-refractivity contribution in [3.05, 3.63) is 23.8 Å². The molecule has 0 heterocycles. The van der Waals surface area contributed by atoms with E-state index >= 15 is 0 Å². The third kappa shape index (κ3) is 4.15. The molecule has 2 N–H and O–H groups in total. The number of methoxy groups -OCH3 is 1. The normalized spacial score (nSPS) is 11.6.